The highest BCUT2D eigenvalue weighted by atomic mass is 32.1. The highest BCUT2D eigenvalue weighted by molar-refractivity contribution is 7.15. The number of nitrogens with zero attached hydrogens (tertiary/aromatic N) is 1. The summed E-state index contributed by atoms with van der Waals surface area (Å²) in [5.74, 6) is 2.56. The fraction of sp³-hybridized carbons (Fsp3) is 0.400. The van der Waals surface area contributed by atoms with Gasteiger partial charge in [0.2, 0.25) is 0 Å². The summed E-state index contributed by atoms with van der Waals surface area (Å²) in [6.07, 6.45) is 5.83. The Labute approximate surface area is 92.5 Å². The van der Waals surface area contributed by atoms with E-state index in [9.17, 15) is 10.1 Å². The number of hydrogen-bond acceptors (Lipinski definition) is 4. The third-order valence-corrected chi connectivity index (χ3v) is 2.91. The fourth-order valence-corrected chi connectivity index (χ4v) is 1.85. The van der Waals surface area contributed by atoms with Crippen molar-refractivity contribution in [3.8, 4) is 12.3 Å². The van der Waals surface area contributed by atoms with Crippen LogP contribution in [0, 0.1) is 22.5 Å². The molecule has 0 saturated carbocycles. The molecule has 1 rings (SSSR count). The zero-order chi connectivity index (χ0) is 11.3. The average molecular weight is 224 g/mol. The van der Waals surface area contributed by atoms with Crippen LogP contribution in [-0.4, -0.2) is 11.0 Å². The number of nitrogens with one attached hydrogen (secondary N) is 1. The van der Waals surface area contributed by atoms with Gasteiger partial charge in [-0.3, -0.25) is 10.1 Å². The van der Waals surface area contributed by atoms with Gasteiger partial charge >= 0.3 is 5.00 Å². The maximum Gasteiger partial charge on any atom is 0.324 e. The molecule has 1 aromatic heterocycles. The topological polar surface area (TPSA) is 55.2 Å². The zero-order valence-electron chi connectivity index (χ0n) is 8.40. The van der Waals surface area contributed by atoms with E-state index in [1.165, 1.54) is 17.4 Å². The molecule has 0 aliphatic rings. The van der Waals surface area contributed by atoms with Crippen LogP contribution in [0.25, 0.3) is 0 Å². The molecule has 0 radical (unpaired) electrons. The van der Waals surface area contributed by atoms with Gasteiger partial charge in [0.1, 0.15) is 0 Å². The molecule has 15 heavy (non-hydrogen) atoms. The molecule has 5 heteroatoms. The maximum absolute atomic E-state index is 10.4. The van der Waals surface area contributed by atoms with Crippen LogP contribution in [0.4, 0.5) is 5.00 Å². The molecule has 0 aliphatic carbocycles. The summed E-state index contributed by atoms with van der Waals surface area (Å²) in [6, 6.07) is 3.52. The average Bonchev–Trinajstić information content (AvgIpc) is 2.63. The van der Waals surface area contributed by atoms with Crippen LogP contribution in [-0.2, 0) is 6.54 Å². The predicted octanol–water partition coefficient (Wildman–Crippen LogP) is 2.16. The summed E-state index contributed by atoms with van der Waals surface area (Å²) in [4.78, 5) is 11.0. The van der Waals surface area contributed by atoms with E-state index in [4.69, 9.17) is 6.42 Å². The summed E-state index contributed by atoms with van der Waals surface area (Å²) in [5.41, 5.74) is 0. The third kappa shape index (κ3) is 3.70. The zero-order valence-corrected chi connectivity index (χ0v) is 9.21. The van der Waals surface area contributed by atoms with Crippen LogP contribution < -0.4 is 5.32 Å². The van der Waals surface area contributed by atoms with Gasteiger partial charge in [-0.15, -0.1) is 12.3 Å². The van der Waals surface area contributed by atoms with Crippen LogP contribution in [0.5, 0.6) is 0 Å². The Hall–Kier alpha value is -1.38. The van der Waals surface area contributed by atoms with Crippen molar-refractivity contribution in [1.82, 2.24) is 5.32 Å². The van der Waals surface area contributed by atoms with Gasteiger partial charge in [-0.2, -0.15) is 0 Å². The normalized spacial score (nSPS) is 12.0. The molecule has 4 nitrogen and oxygen atoms in total. The lowest BCUT2D eigenvalue weighted by Crippen LogP contribution is -2.24. The second kappa shape index (κ2) is 5.49. The van der Waals surface area contributed by atoms with Gasteiger partial charge in [0.05, 0.1) is 4.92 Å². The Balaban J connectivity index is 2.45. The van der Waals surface area contributed by atoms with Gasteiger partial charge in [0, 0.05) is 30.0 Å². The molecule has 0 bridgehead atoms. The number of nitro groups is 1. The van der Waals surface area contributed by atoms with Crippen LogP contribution in [0.2, 0.25) is 0 Å². The minimum absolute atomic E-state index is 0.177. The van der Waals surface area contributed by atoms with Crippen molar-refractivity contribution >= 4 is 16.3 Å². The van der Waals surface area contributed by atoms with Crippen molar-refractivity contribution in [3.63, 3.8) is 0 Å². The van der Waals surface area contributed by atoms with Gasteiger partial charge in [0.15, 0.2) is 0 Å². The van der Waals surface area contributed by atoms with E-state index in [1.807, 2.05) is 6.92 Å². The molecule has 0 aliphatic heterocycles. The molecular weight excluding hydrogens is 212 g/mol. The Morgan fingerprint density at radius 1 is 1.73 bits per heavy atom. The van der Waals surface area contributed by atoms with Gasteiger partial charge in [-0.1, -0.05) is 11.3 Å². The van der Waals surface area contributed by atoms with E-state index in [2.05, 4.69) is 11.2 Å². The minimum atomic E-state index is -0.376. The van der Waals surface area contributed by atoms with E-state index in [0.717, 1.165) is 4.88 Å². The monoisotopic (exact) mass is 224 g/mol. The summed E-state index contributed by atoms with van der Waals surface area (Å²) >= 11 is 1.19. The molecule has 80 valence electrons. The maximum atomic E-state index is 10.4. The molecule has 0 spiro atoms. The summed E-state index contributed by atoms with van der Waals surface area (Å²) in [7, 11) is 0. The summed E-state index contributed by atoms with van der Waals surface area (Å²) in [6.45, 7) is 2.61. The van der Waals surface area contributed by atoms with E-state index >= 15 is 0 Å². The molecular formula is C10H12N2O2S. The SMILES string of the molecule is C#CCC(C)NCc1ccc([N+](=O)[O-])s1. The number of rotatable bonds is 5. The molecule has 0 saturated heterocycles. The largest absolute Gasteiger partial charge is 0.324 e. The Bertz CT molecular complexity index is 381. The third-order valence-electron chi connectivity index (χ3n) is 1.88. The lowest BCUT2D eigenvalue weighted by Gasteiger charge is -2.08. The first-order valence-corrected chi connectivity index (χ1v) is 5.35. The van der Waals surface area contributed by atoms with Gasteiger partial charge in [0.25, 0.3) is 0 Å². The summed E-state index contributed by atoms with van der Waals surface area (Å²) in [5, 5.41) is 13.8. The first-order chi connectivity index (χ1) is 7.13. The number of hydrogen-bond donors (Lipinski definition) is 1. The van der Waals surface area contributed by atoms with Crippen LogP contribution in [0.15, 0.2) is 12.1 Å². The number of thiophene rings is 1. The van der Waals surface area contributed by atoms with Crippen molar-refractivity contribution in [2.24, 2.45) is 0 Å². The quantitative estimate of drug-likeness (QED) is 0.473. The molecule has 1 unspecified atom stereocenters. The van der Waals surface area contributed by atoms with E-state index in [1.54, 1.807) is 6.07 Å². The van der Waals surface area contributed by atoms with Crippen molar-refractivity contribution in [2.45, 2.75) is 25.9 Å². The van der Waals surface area contributed by atoms with E-state index < -0.39 is 0 Å². The first kappa shape index (κ1) is 11.7. The lowest BCUT2D eigenvalue weighted by molar-refractivity contribution is -0.380. The molecule has 1 aromatic rings. The van der Waals surface area contributed by atoms with Crippen molar-refractivity contribution in [2.75, 3.05) is 0 Å². The molecule has 1 atom stereocenters. The van der Waals surface area contributed by atoms with Crippen molar-refractivity contribution < 1.29 is 4.92 Å². The first-order valence-electron chi connectivity index (χ1n) is 4.53. The van der Waals surface area contributed by atoms with Gasteiger partial charge in [-0.05, 0) is 13.0 Å². The lowest BCUT2D eigenvalue weighted by atomic mass is 10.2. The predicted molar refractivity (Wildman–Crippen MR) is 60.7 cm³/mol. The van der Waals surface area contributed by atoms with Crippen molar-refractivity contribution in [1.29, 1.82) is 0 Å². The summed E-state index contributed by atoms with van der Waals surface area (Å²) < 4.78 is 0. The minimum Gasteiger partial charge on any atom is -0.308 e. The van der Waals surface area contributed by atoms with Crippen molar-refractivity contribution in [3.05, 3.63) is 27.1 Å². The van der Waals surface area contributed by atoms with Crippen LogP contribution in [0.1, 0.15) is 18.2 Å². The van der Waals surface area contributed by atoms with E-state index in [-0.39, 0.29) is 16.0 Å². The van der Waals surface area contributed by atoms with Crippen LogP contribution >= 0.6 is 11.3 Å². The Kier molecular flexibility index (Phi) is 4.28. The Morgan fingerprint density at radius 3 is 3.00 bits per heavy atom. The molecule has 0 aromatic carbocycles. The van der Waals surface area contributed by atoms with Gasteiger partial charge < -0.3 is 5.32 Å². The second-order valence-electron chi connectivity index (χ2n) is 3.19. The number of terminal acetylenes is 1. The second-order valence-corrected chi connectivity index (χ2v) is 4.33. The van der Waals surface area contributed by atoms with E-state index in [0.29, 0.717) is 13.0 Å². The van der Waals surface area contributed by atoms with Gasteiger partial charge in [-0.25, -0.2) is 0 Å². The Morgan fingerprint density at radius 2 is 2.47 bits per heavy atom. The molecule has 1 heterocycles. The molecule has 0 fully saturated rings. The highest BCUT2D eigenvalue weighted by Crippen LogP contribution is 2.23. The fourth-order valence-electron chi connectivity index (χ4n) is 1.08. The van der Waals surface area contributed by atoms with Crippen LogP contribution in [0.3, 0.4) is 0 Å². The molecule has 0 amide bonds. The highest BCUT2D eigenvalue weighted by Gasteiger charge is 2.09. The standard InChI is InChI=1S/C10H12N2O2S/c1-3-4-8(2)11-7-9-5-6-10(15-9)12(13)14/h1,5-6,8,11H,4,7H2,2H3. The molecule has 1 N–H and O–H groups in total. The smallest absolute Gasteiger partial charge is 0.308 e.